The molecule has 2 aromatic rings. The van der Waals surface area contributed by atoms with E-state index in [2.05, 4.69) is 5.32 Å². The van der Waals surface area contributed by atoms with Gasteiger partial charge in [-0.05, 0) is 61.6 Å². The molecule has 0 radical (unpaired) electrons. The Kier molecular flexibility index (Phi) is 8.80. The lowest BCUT2D eigenvalue weighted by atomic mass is 10.1. The largest absolute Gasteiger partial charge is 0.356 e. The zero-order chi connectivity index (χ0) is 21.4. The van der Waals surface area contributed by atoms with Crippen molar-refractivity contribution in [3.63, 3.8) is 0 Å². The molecule has 2 rings (SSSR count). The highest BCUT2D eigenvalue weighted by Crippen LogP contribution is 2.28. The molecule has 0 aliphatic rings. The van der Waals surface area contributed by atoms with E-state index in [-0.39, 0.29) is 18.9 Å². The van der Waals surface area contributed by atoms with Crippen LogP contribution in [0.15, 0.2) is 42.5 Å². The Morgan fingerprint density at radius 3 is 2.41 bits per heavy atom. The van der Waals surface area contributed by atoms with E-state index in [0.29, 0.717) is 34.3 Å². The van der Waals surface area contributed by atoms with Crippen molar-refractivity contribution in [1.82, 2.24) is 5.32 Å². The quantitative estimate of drug-likeness (QED) is 0.531. The number of rotatable bonds is 10. The SMILES string of the molecule is Cc1c(Cl)cccc1N(CCCC(=O)NCCCc1ccc(Cl)cc1)S(C)(=O)=O. The zero-order valence-electron chi connectivity index (χ0n) is 16.6. The fraction of sp³-hybridized carbons (Fsp3) is 0.381. The van der Waals surface area contributed by atoms with Gasteiger partial charge in [0.1, 0.15) is 0 Å². The second-order valence-electron chi connectivity index (χ2n) is 6.90. The molecule has 0 saturated heterocycles. The Hall–Kier alpha value is -1.76. The number of hydrogen-bond acceptors (Lipinski definition) is 3. The van der Waals surface area contributed by atoms with Crippen LogP contribution in [0.4, 0.5) is 5.69 Å². The van der Waals surface area contributed by atoms with Crippen LogP contribution in [0.5, 0.6) is 0 Å². The number of nitrogens with one attached hydrogen (secondary N) is 1. The zero-order valence-corrected chi connectivity index (χ0v) is 18.9. The van der Waals surface area contributed by atoms with E-state index in [1.54, 1.807) is 25.1 Å². The van der Waals surface area contributed by atoms with Crippen molar-refractivity contribution in [1.29, 1.82) is 0 Å². The normalized spacial score (nSPS) is 11.3. The number of sulfonamides is 1. The molecule has 0 unspecified atom stereocenters. The minimum atomic E-state index is -3.48. The second-order valence-corrected chi connectivity index (χ2v) is 9.65. The van der Waals surface area contributed by atoms with E-state index >= 15 is 0 Å². The lowest BCUT2D eigenvalue weighted by molar-refractivity contribution is -0.121. The van der Waals surface area contributed by atoms with E-state index < -0.39 is 10.0 Å². The molecule has 2 aromatic carbocycles. The van der Waals surface area contributed by atoms with Gasteiger partial charge in [-0.25, -0.2) is 8.42 Å². The Balaban J connectivity index is 1.79. The first-order valence-corrected chi connectivity index (χ1v) is 12.0. The Labute approximate surface area is 183 Å². The molecular weight excluding hydrogens is 431 g/mol. The average molecular weight is 457 g/mol. The van der Waals surface area contributed by atoms with Gasteiger partial charge in [0.05, 0.1) is 11.9 Å². The van der Waals surface area contributed by atoms with Crippen molar-refractivity contribution < 1.29 is 13.2 Å². The molecule has 0 atom stereocenters. The van der Waals surface area contributed by atoms with Crippen LogP contribution >= 0.6 is 23.2 Å². The number of carbonyl (C=O) groups excluding carboxylic acids is 1. The highest BCUT2D eigenvalue weighted by Gasteiger charge is 2.20. The summed E-state index contributed by atoms with van der Waals surface area (Å²) in [4.78, 5) is 12.1. The second kappa shape index (κ2) is 10.9. The molecule has 158 valence electrons. The molecule has 0 fully saturated rings. The van der Waals surface area contributed by atoms with E-state index in [1.165, 1.54) is 9.87 Å². The van der Waals surface area contributed by atoms with Crippen LogP contribution in [0.1, 0.15) is 30.4 Å². The molecule has 0 aromatic heterocycles. The average Bonchev–Trinajstić information content (AvgIpc) is 2.65. The summed E-state index contributed by atoms with van der Waals surface area (Å²) in [7, 11) is -3.48. The smallest absolute Gasteiger partial charge is 0.232 e. The van der Waals surface area contributed by atoms with Crippen LogP contribution in [0.25, 0.3) is 0 Å². The summed E-state index contributed by atoms with van der Waals surface area (Å²) < 4.78 is 25.7. The predicted octanol–water partition coefficient (Wildman–Crippen LogP) is 4.60. The molecule has 0 bridgehead atoms. The molecule has 1 N–H and O–H groups in total. The number of benzene rings is 2. The Morgan fingerprint density at radius 1 is 1.07 bits per heavy atom. The maximum Gasteiger partial charge on any atom is 0.232 e. The molecule has 8 heteroatoms. The molecule has 29 heavy (non-hydrogen) atoms. The maximum atomic E-state index is 12.2. The Morgan fingerprint density at radius 2 is 1.76 bits per heavy atom. The minimum absolute atomic E-state index is 0.0858. The molecular formula is C21H26Cl2N2O3S. The number of anilines is 1. The van der Waals surface area contributed by atoms with Gasteiger partial charge in [-0.1, -0.05) is 41.4 Å². The number of halogens is 2. The summed E-state index contributed by atoms with van der Waals surface area (Å²) in [6.45, 7) is 2.58. The summed E-state index contributed by atoms with van der Waals surface area (Å²) in [6, 6.07) is 12.8. The van der Waals surface area contributed by atoms with Gasteiger partial charge < -0.3 is 5.32 Å². The van der Waals surface area contributed by atoms with E-state index in [0.717, 1.165) is 19.1 Å². The number of hydrogen-bond donors (Lipinski definition) is 1. The van der Waals surface area contributed by atoms with Crippen LogP contribution in [-0.2, 0) is 21.2 Å². The molecule has 0 aliphatic heterocycles. The summed E-state index contributed by atoms with van der Waals surface area (Å²) in [6.07, 6.45) is 3.51. The topological polar surface area (TPSA) is 66.5 Å². The number of carbonyl (C=O) groups is 1. The first-order valence-electron chi connectivity index (χ1n) is 9.42. The number of nitrogens with zero attached hydrogens (tertiary/aromatic N) is 1. The molecule has 0 spiro atoms. The molecule has 0 heterocycles. The van der Waals surface area contributed by atoms with Crippen LogP contribution in [-0.4, -0.2) is 33.7 Å². The van der Waals surface area contributed by atoms with Crippen molar-refractivity contribution in [2.75, 3.05) is 23.7 Å². The minimum Gasteiger partial charge on any atom is -0.356 e. The third-order valence-electron chi connectivity index (χ3n) is 4.55. The highest BCUT2D eigenvalue weighted by atomic mass is 35.5. The van der Waals surface area contributed by atoms with Gasteiger partial charge in [-0.15, -0.1) is 0 Å². The summed E-state index contributed by atoms with van der Waals surface area (Å²) in [5.74, 6) is -0.0858. The van der Waals surface area contributed by atoms with Crippen molar-refractivity contribution in [2.24, 2.45) is 0 Å². The van der Waals surface area contributed by atoms with Crippen molar-refractivity contribution >= 4 is 44.8 Å². The fourth-order valence-electron chi connectivity index (χ4n) is 2.97. The third-order valence-corrected chi connectivity index (χ3v) is 6.39. The molecule has 0 aliphatic carbocycles. The molecule has 5 nitrogen and oxygen atoms in total. The summed E-state index contributed by atoms with van der Waals surface area (Å²) in [5, 5.41) is 4.10. The standard InChI is InChI=1S/C21H26Cl2N2O3S/c1-16-19(23)7-3-8-20(16)25(29(2,27)28)15-5-9-21(26)24-14-4-6-17-10-12-18(22)13-11-17/h3,7-8,10-13H,4-6,9,14-15H2,1-2H3,(H,24,26). The van der Waals surface area contributed by atoms with Gasteiger partial charge in [0.15, 0.2) is 0 Å². The third kappa shape index (κ3) is 7.53. The predicted molar refractivity (Wildman–Crippen MR) is 120 cm³/mol. The van der Waals surface area contributed by atoms with Crippen LogP contribution < -0.4 is 9.62 Å². The Bertz CT molecular complexity index is 931. The summed E-state index contributed by atoms with van der Waals surface area (Å²) >= 11 is 12.0. The first kappa shape index (κ1) is 23.5. The fourth-order valence-corrected chi connectivity index (χ4v) is 4.29. The monoisotopic (exact) mass is 456 g/mol. The lowest BCUT2D eigenvalue weighted by Crippen LogP contribution is -2.32. The van der Waals surface area contributed by atoms with Crippen LogP contribution in [0.3, 0.4) is 0 Å². The van der Waals surface area contributed by atoms with Crippen LogP contribution in [0.2, 0.25) is 10.0 Å². The van der Waals surface area contributed by atoms with Crippen LogP contribution in [0, 0.1) is 6.92 Å². The van der Waals surface area contributed by atoms with E-state index in [4.69, 9.17) is 23.2 Å². The first-order chi connectivity index (χ1) is 13.7. The van der Waals surface area contributed by atoms with Gasteiger partial charge in [-0.2, -0.15) is 0 Å². The van der Waals surface area contributed by atoms with E-state index in [1.807, 2.05) is 24.3 Å². The lowest BCUT2D eigenvalue weighted by Gasteiger charge is -2.24. The van der Waals surface area contributed by atoms with Crippen molar-refractivity contribution in [2.45, 2.75) is 32.6 Å². The van der Waals surface area contributed by atoms with Gasteiger partial charge in [0, 0.05) is 29.6 Å². The highest BCUT2D eigenvalue weighted by molar-refractivity contribution is 7.92. The van der Waals surface area contributed by atoms with E-state index in [9.17, 15) is 13.2 Å². The van der Waals surface area contributed by atoms with Gasteiger partial charge in [0.2, 0.25) is 15.9 Å². The molecule has 1 amide bonds. The van der Waals surface area contributed by atoms with Gasteiger partial charge in [0.25, 0.3) is 0 Å². The maximum absolute atomic E-state index is 12.2. The number of aryl methyl sites for hydroxylation is 1. The van der Waals surface area contributed by atoms with Gasteiger partial charge >= 0.3 is 0 Å². The van der Waals surface area contributed by atoms with Crippen molar-refractivity contribution in [3.05, 3.63) is 63.6 Å². The van der Waals surface area contributed by atoms with Gasteiger partial charge in [-0.3, -0.25) is 9.10 Å². The molecule has 0 saturated carbocycles. The number of amides is 1. The summed E-state index contributed by atoms with van der Waals surface area (Å²) in [5.41, 5.74) is 2.42. The van der Waals surface area contributed by atoms with Crippen molar-refractivity contribution in [3.8, 4) is 0 Å².